The zero-order valence-electron chi connectivity index (χ0n) is 16.1. The van der Waals surface area contributed by atoms with Gasteiger partial charge in [0.1, 0.15) is 11.6 Å². The standard InChI is InChI=1S/C22H19BrN4O3/c1-30-17-8-9-19(27-22(29)14-4-2-13(3-5-14)21(24)25)18(11-17)20(28)10-16-7-6-15(23)12-26-16/h2-9,11-12H,10H2,1H3,(H3,24,25)(H,27,29). The summed E-state index contributed by atoms with van der Waals surface area (Å²) in [7, 11) is 1.51. The van der Waals surface area contributed by atoms with E-state index in [9.17, 15) is 9.59 Å². The summed E-state index contributed by atoms with van der Waals surface area (Å²) >= 11 is 3.32. The summed E-state index contributed by atoms with van der Waals surface area (Å²) in [5.74, 6) is -0.158. The summed E-state index contributed by atoms with van der Waals surface area (Å²) in [6.45, 7) is 0. The van der Waals surface area contributed by atoms with E-state index in [4.69, 9.17) is 15.9 Å². The molecule has 7 nitrogen and oxygen atoms in total. The molecule has 0 unspecified atom stereocenters. The van der Waals surface area contributed by atoms with Gasteiger partial charge in [-0.25, -0.2) is 0 Å². The molecule has 3 rings (SSSR count). The zero-order chi connectivity index (χ0) is 21.7. The van der Waals surface area contributed by atoms with Gasteiger partial charge in [-0.05, 0) is 58.4 Å². The number of ketones is 1. The average molecular weight is 467 g/mol. The second-order valence-electron chi connectivity index (χ2n) is 6.42. The highest BCUT2D eigenvalue weighted by Crippen LogP contribution is 2.24. The van der Waals surface area contributed by atoms with E-state index in [0.717, 1.165) is 4.47 Å². The van der Waals surface area contributed by atoms with Crippen LogP contribution in [0.4, 0.5) is 5.69 Å². The van der Waals surface area contributed by atoms with Gasteiger partial charge in [0, 0.05) is 33.1 Å². The molecule has 0 spiro atoms. The Morgan fingerprint density at radius 1 is 1.10 bits per heavy atom. The molecule has 0 saturated carbocycles. The largest absolute Gasteiger partial charge is 0.497 e. The number of pyridine rings is 1. The van der Waals surface area contributed by atoms with Crippen LogP contribution in [0, 0.1) is 5.41 Å². The van der Waals surface area contributed by atoms with Gasteiger partial charge in [0.05, 0.1) is 19.2 Å². The van der Waals surface area contributed by atoms with Crippen LogP contribution in [0.1, 0.15) is 32.0 Å². The number of anilines is 1. The van der Waals surface area contributed by atoms with Crippen LogP contribution < -0.4 is 15.8 Å². The number of ether oxygens (including phenoxy) is 1. The lowest BCUT2D eigenvalue weighted by molar-refractivity contribution is 0.0992. The van der Waals surface area contributed by atoms with Crippen LogP contribution in [-0.2, 0) is 6.42 Å². The molecule has 152 valence electrons. The van der Waals surface area contributed by atoms with Crippen molar-refractivity contribution in [2.45, 2.75) is 6.42 Å². The number of hydrogen-bond acceptors (Lipinski definition) is 5. The number of Topliss-reactive ketones (excluding diaryl/α,β-unsaturated/α-hetero) is 1. The number of halogens is 1. The minimum atomic E-state index is -0.383. The Morgan fingerprint density at radius 3 is 2.40 bits per heavy atom. The zero-order valence-corrected chi connectivity index (χ0v) is 17.7. The molecule has 0 atom stereocenters. The van der Waals surface area contributed by atoms with Crippen molar-refractivity contribution in [2.24, 2.45) is 5.73 Å². The summed E-state index contributed by atoms with van der Waals surface area (Å²) < 4.78 is 6.06. The molecule has 1 heterocycles. The molecule has 1 aromatic heterocycles. The van der Waals surface area contributed by atoms with E-state index in [2.05, 4.69) is 26.2 Å². The highest BCUT2D eigenvalue weighted by molar-refractivity contribution is 9.10. The molecule has 0 aliphatic rings. The number of nitrogen functional groups attached to an aromatic ring is 1. The fraction of sp³-hybridized carbons (Fsp3) is 0.0909. The molecule has 4 N–H and O–H groups in total. The summed E-state index contributed by atoms with van der Waals surface area (Å²) in [5, 5.41) is 10.2. The van der Waals surface area contributed by atoms with Crippen molar-refractivity contribution >= 4 is 39.1 Å². The number of rotatable bonds is 7. The number of carbonyl (C=O) groups is 2. The normalized spacial score (nSPS) is 10.3. The Kier molecular flexibility index (Phi) is 6.58. The summed E-state index contributed by atoms with van der Waals surface area (Å²) in [5.41, 5.74) is 7.66. The molecule has 0 fully saturated rings. The highest BCUT2D eigenvalue weighted by Gasteiger charge is 2.17. The van der Waals surface area contributed by atoms with Crippen molar-refractivity contribution in [1.29, 1.82) is 5.41 Å². The summed E-state index contributed by atoms with van der Waals surface area (Å²) in [6, 6.07) is 14.8. The van der Waals surface area contributed by atoms with E-state index < -0.39 is 0 Å². The van der Waals surface area contributed by atoms with Crippen LogP contribution in [0.5, 0.6) is 5.75 Å². The monoisotopic (exact) mass is 466 g/mol. The van der Waals surface area contributed by atoms with Crippen molar-refractivity contribution < 1.29 is 14.3 Å². The topological polar surface area (TPSA) is 118 Å². The molecule has 3 aromatic rings. The van der Waals surface area contributed by atoms with Crippen molar-refractivity contribution in [1.82, 2.24) is 4.98 Å². The molecule has 30 heavy (non-hydrogen) atoms. The molecule has 0 aliphatic heterocycles. The van der Waals surface area contributed by atoms with Crippen LogP contribution in [0.15, 0.2) is 65.3 Å². The lowest BCUT2D eigenvalue weighted by Crippen LogP contribution is -2.17. The predicted octanol–water partition coefficient (Wildman–Crippen LogP) is 3.81. The van der Waals surface area contributed by atoms with Gasteiger partial charge in [-0.2, -0.15) is 0 Å². The summed E-state index contributed by atoms with van der Waals surface area (Å²) in [6.07, 6.45) is 1.71. The first-order valence-corrected chi connectivity index (χ1v) is 9.74. The maximum atomic E-state index is 12.9. The molecule has 1 amide bonds. The third-order valence-electron chi connectivity index (χ3n) is 4.36. The lowest BCUT2D eigenvalue weighted by atomic mass is 10.0. The van der Waals surface area contributed by atoms with Gasteiger partial charge in [0.2, 0.25) is 0 Å². The first-order valence-electron chi connectivity index (χ1n) is 8.95. The number of amides is 1. The number of amidine groups is 1. The molecular formula is C22H19BrN4O3. The second kappa shape index (κ2) is 9.32. The fourth-order valence-electron chi connectivity index (χ4n) is 2.76. The van der Waals surface area contributed by atoms with E-state index in [1.807, 2.05) is 6.07 Å². The third-order valence-corrected chi connectivity index (χ3v) is 4.83. The number of nitrogens with one attached hydrogen (secondary N) is 2. The highest BCUT2D eigenvalue weighted by atomic mass is 79.9. The van der Waals surface area contributed by atoms with Gasteiger partial charge in [-0.1, -0.05) is 12.1 Å². The number of benzene rings is 2. The van der Waals surface area contributed by atoms with Crippen LogP contribution in [0.25, 0.3) is 0 Å². The van der Waals surface area contributed by atoms with Gasteiger partial charge in [-0.15, -0.1) is 0 Å². The maximum Gasteiger partial charge on any atom is 0.255 e. The van der Waals surface area contributed by atoms with Gasteiger partial charge < -0.3 is 15.8 Å². The van der Waals surface area contributed by atoms with E-state index in [0.29, 0.717) is 33.8 Å². The average Bonchev–Trinajstić information content (AvgIpc) is 2.75. The maximum absolute atomic E-state index is 12.9. The van der Waals surface area contributed by atoms with E-state index in [1.54, 1.807) is 54.7 Å². The van der Waals surface area contributed by atoms with Crippen LogP contribution >= 0.6 is 15.9 Å². The minimum Gasteiger partial charge on any atom is -0.497 e. The Balaban J connectivity index is 1.85. The Bertz CT molecular complexity index is 1100. The second-order valence-corrected chi connectivity index (χ2v) is 7.34. The number of nitrogens with two attached hydrogens (primary N) is 1. The van der Waals surface area contributed by atoms with Crippen molar-refractivity contribution in [2.75, 3.05) is 12.4 Å². The quantitative estimate of drug-likeness (QED) is 0.278. The van der Waals surface area contributed by atoms with E-state index in [-0.39, 0.29) is 23.9 Å². The molecule has 0 radical (unpaired) electrons. The number of hydrogen-bond donors (Lipinski definition) is 3. The van der Waals surface area contributed by atoms with E-state index in [1.165, 1.54) is 7.11 Å². The van der Waals surface area contributed by atoms with Crippen LogP contribution in [0.2, 0.25) is 0 Å². The van der Waals surface area contributed by atoms with Crippen LogP contribution in [-0.4, -0.2) is 29.6 Å². The lowest BCUT2D eigenvalue weighted by Gasteiger charge is -2.12. The molecule has 0 aliphatic carbocycles. The Morgan fingerprint density at radius 2 is 1.80 bits per heavy atom. The minimum absolute atomic E-state index is 0.0773. The summed E-state index contributed by atoms with van der Waals surface area (Å²) in [4.78, 5) is 29.8. The van der Waals surface area contributed by atoms with Gasteiger partial charge in [0.15, 0.2) is 5.78 Å². The Labute approximate surface area is 181 Å². The van der Waals surface area contributed by atoms with Gasteiger partial charge >= 0.3 is 0 Å². The number of carbonyl (C=O) groups excluding carboxylic acids is 2. The Hall–Kier alpha value is -3.52. The first kappa shape index (κ1) is 21.2. The van der Waals surface area contributed by atoms with Gasteiger partial charge in [0.25, 0.3) is 5.91 Å². The molecule has 2 aromatic carbocycles. The van der Waals surface area contributed by atoms with Gasteiger partial charge in [-0.3, -0.25) is 20.0 Å². The van der Waals surface area contributed by atoms with Crippen molar-refractivity contribution in [3.05, 3.63) is 87.7 Å². The van der Waals surface area contributed by atoms with Crippen LogP contribution in [0.3, 0.4) is 0 Å². The first-order chi connectivity index (χ1) is 14.4. The number of nitrogens with zero attached hydrogens (tertiary/aromatic N) is 1. The predicted molar refractivity (Wildman–Crippen MR) is 118 cm³/mol. The van der Waals surface area contributed by atoms with E-state index >= 15 is 0 Å². The molecule has 0 saturated heterocycles. The molecule has 0 bridgehead atoms. The number of methoxy groups -OCH3 is 1. The third kappa shape index (κ3) is 5.09. The molecule has 8 heteroatoms. The number of aromatic nitrogens is 1. The fourth-order valence-corrected chi connectivity index (χ4v) is 2.99. The SMILES string of the molecule is COc1ccc(NC(=O)c2ccc(C(=N)N)cc2)c(C(=O)Cc2ccc(Br)cn2)c1. The van der Waals surface area contributed by atoms with Crippen molar-refractivity contribution in [3.63, 3.8) is 0 Å². The molecular weight excluding hydrogens is 448 g/mol. The smallest absolute Gasteiger partial charge is 0.255 e. The van der Waals surface area contributed by atoms with Crippen molar-refractivity contribution in [3.8, 4) is 5.75 Å².